The summed E-state index contributed by atoms with van der Waals surface area (Å²) in [6.45, 7) is 9.48. The van der Waals surface area contributed by atoms with E-state index in [2.05, 4.69) is 46.1 Å². The third kappa shape index (κ3) is 4.11. The van der Waals surface area contributed by atoms with Gasteiger partial charge in [-0.25, -0.2) is 14.4 Å². The molecule has 5 heterocycles. The van der Waals surface area contributed by atoms with Gasteiger partial charge in [0.25, 0.3) is 0 Å². The maximum atomic E-state index is 14.7. The first kappa shape index (κ1) is 26.8. The number of nitrogens with one attached hydrogen (secondary N) is 1. The van der Waals surface area contributed by atoms with Gasteiger partial charge in [0.1, 0.15) is 5.52 Å². The number of benzene rings is 1. The first-order valence-electron chi connectivity index (χ1n) is 15.7. The number of halogens is 1. The second kappa shape index (κ2) is 9.58. The van der Waals surface area contributed by atoms with Crippen LogP contribution in [-0.2, 0) is 10.2 Å². The Balaban J connectivity index is 1.16. The van der Waals surface area contributed by atoms with Crippen LogP contribution >= 0.6 is 0 Å². The molecule has 43 heavy (non-hydrogen) atoms. The largest absolute Gasteiger partial charge is 0.336 e. The Hall–Kier alpha value is -3.85. The topological polar surface area (TPSA) is 79.2 Å². The molecule has 2 atom stereocenters. The first-order valence-corrected chi connectivity index (χ1v) is 15.7. The molecule has 0 unspecified atom stereocenters. The SMILES string of the molecule is CC(C)n1cnc2cc(-c3ccc4c(c3)N([C@H]3C[C@@H](N5C[C@H]6CC[C@@H]5C6)C3)C(=O)C4(C)C)nc(Nc3ccncc3F)c21. The fraction of sp³-hybridized carbons (Fsp3) is 0.471. The van der Waals surface area contributed by atoms with Gasteiger partial charge in [0, 0.05) is 48.2 Å². The van der Waals surface area contributed by atoms with E-state index in [1.807, 2.05) is 30.5 Å². The molecule has 2 bridgehead atoms. The number of rotatable bonds is 6. The lowest BCUT2D eigenvalue weighted by molar-refractivity contribution is -0.123. The lowest BCUT2D eigenvalue weighted by Crippen LogP contribution is -2.57. The zero-order valence-electron chi connectivity index (χ0n) is 25.2. The monoisotopic (exact) mass is 579 g/mol. The van der Waals surface area contributed by atoms with Crippen molar-refractivity contribution in [2.75, 3.05) is 16.8 Å². The van der Waals surface area contributed by atoms with Crippen LogP contribution in [0, 0.1) is 11.7 Å². The van der Waals surface area contributed by atoms with Gasteiger partial charge in [-0.05, 0) is 89.5 Å². The summed E-state index contributed by atoms with van der Waals surface area (Å²) in [4.78, 5) is 32.3. The predicted octanol–water partition coefficient (Wildman–Crippen LogP) is 6.60. The van der Waals surface area contributed by atoms with Crippen molar-refractivity contribution < 1.29 is 9.18 Å². The summed E-state index contributed by atoms with van der Waals surface area (Å²) in [5, 5.41) is 3.21. The van der Waals surface area contributed by atoms with Gasteiger partial charge >= 0.3 is 0 Å². The number of pyridine rings is 2. The van der Waals surface area contributed by atoms with Crippen LogP contribution < -0.4 is 10.2 Å². The van der Waals surface area contributed by atoms with Crippen LogP contribution in [0.3, 0.4) is 0 Å². The van der Waals surface area contributed by atoms with Crippen LogP contribution in [0.15, 0.2) is 49.1 Å². The molecule has 1 saturated heterocycles. The summed E-state index contributed by atoms with van der Waals surface area (Å²) in [5.74, 6) is 1.14. The highest BCUT2D eigenvalue weighted by atomic mass is 19.1. The zero-order valence-corrected chi connectivity index (χ0v) is 25.2. The molecule has 1 N–H and O–H groups in total. The minimum Gasteiger partial charge on any atom is -0.336 e. The Morgan fingerprint density at radius 1 is 1.05 bits per heavy atom. The molecule has 4 aliphatic rings. The second-order valence-corrected chi connectivity index (χ2v) is 13.8. The van der Waals surface area contributed by atoms with E-state index in [1.165, 1.54) is 32.0 Å². The lowest BCUT2D eigenvalue weighted by Gasteiger charge is -2.48. The Labute approximate surface area is 251 Å². The minimum absolute atomic E-state index is 0.143. The minimum atomic E-state index is -0.579. The van der Waals surface area contributed by atoms with Crippen LogP contribution in [0.1, 0.15) is 71.4 Å². The van der Waals surface area contributed by atoms with Crippen molar-refractivity contribution in [1.82, 2.24) is 24.4 Å². The van der Waals surface area contributed by atoms with Gasteiger partial charge in [-0.2, -0.15) is 0 Å². The number of piperidine rings is 1. The Morgan fingerprint density at radius 2 is 1.88 bits per heavy atom. The molecule has 0 spiro atoms. The van der Waals surface area contributed by atoms with E-state index < -0.39 is 11.2 Å². The standard InChI is InChI=1S/C34H38FN7O/c1-19(2)41-18-37-29-15-28(39-32(31(29)41)38-27-9-10-36-16-26(27)35)21-6-8-25-30(12-21)42(33(43)34(25,3)4)24-13-23(14-24)40-17-20-5-7-22(40)11-20/h6,8-10,12,15-16,18-20,22-24H,5,7,11,13-14,17H2,1-4H3,(H,36,38,39)/t20-,22+,23-,24+/m0/s1. The smallest absolute Gasteiger partial charge is 0.237 e. The van der Waals surface area contributed by atoms with Gasteiger partial charge in [-0.15, -0.1) is 0 Å². The molecular formula is C34H38FN7O. The van der Waals surface area contributed by atoms with E-state index in [1.54, 1.807) is 18.6 Å². The van der Waals surface area contributed by atoms with Crippen LogP contribution in [0.5, 0.6) is 0 Å². The maximum absolute atomic E-state index is 14.7. The second-order valence-electron chi connectivity index (χ2n) is 13.8. The Morgan fingerprint density at radius 3 is 2.60 bits per heavy atom. The molecule has 9 heteroatoms. The molecule has 2 saturated carbocycles. The lowest BCUT2D eigenvalue weighted by atomic mass is 9.82. The van der Waals surface area contributed by atoms with Crippen LogP contribution in [0.4, 0.5) is 21.6 Å². The van der Waals surface area contributed by atoms with Gasteiger partial charge in [-0.1, -0.05) is 12.1 Å². The van der Waals surface area contributed by atoms with Crippen molar-refractivity contribution in [2.45, 2.75) is 89.4 Å². The van der Waals surface area contributed by atoms with Crippen molar-refractivity contribution in [1.29, 1.82) is 0 Å². The summed E-state index contributed by atoms with van der Waals surface area (Å²) >= 11 is 0. The number of amides is 1. The van der Waals surface area contributed by atoms with E-state index in [0.29, 0.717) is 17.5 Å². The molecule has 222 valence electrons. The van der Waals surface area contributed by atoms with Crippen molar-refractivity contribution in [3.63, 3.8) is 0 Å². The zero-order chi connectivity index (χ0) is 29.6. The molecule has 3 fully saturated rings. The number of imidazole rings is 1. The Bertz CT molecular complexity index is 1760. The van der Waals surface area contributed by atoms with E-state index in [-0.39, 0.29) is 18.0 Å². The fourth-order valence-corrected chi connectivity index (χ4v) is 8.05. The number of anilines is 3. The average molecular weight is 580 g/mol. The Kier molecular flexibility index (Phi) is 5.96. The van der Waals surface area contributed by atoms with Crippen LogP contribution in [0.2, 0.25) is 0 Å². The van der Waals surface area contributed by atoms with Gasteiger partial charge < -0.3 is 14.8 Å². The number of hydrogen-bond acceptors (Lipinski definition) is 6. The molecule has 2 aliphatic carbocycles. The van der Waals surface area contributed by atoms with Crippen LogP contribution in [-0.4, -0.2) is 55.0 Å². The number of carbonyl (C=O) groups excluding carboxylic acids is 1. The summed E-state index contributed by atoms with van der Waals surface area (Å²) in [5.41, 5.74) is 4.98. The highest BCUT2D eigenvalue weighted by molar-refractivity contribution is 6.08. The first-order chi connectivity index (χ1) is 20.7. The highest BCUT2D eigenvalue weighted by Gasteiger charge is 2.52. The third-order valence-corrected chi connectivity index (χ3v) is 10.5. The molecule has 4 aromatic rings. The summed E-state index contributed by atoms with van der Waals surface area (Å²) in [6.07, 6.45) is 10.7. The van der Waals surface area contributed by atoms with E-state index in [4.69, 9.17) is 9.97 Å². The molecule has 3 aromatic heterocycles. The molecule has 0 radical (unpaired) electrons. The molecule has 1 aromatic carbocycles. The van der Waals surface area contributed by atoms with Crippen LogP contribution in [0.25, 0.3) is 22.3 Å². The molecule has 8 rings (SSSR count). The number of fused-ring (bicyclic) bond motifs is 4. The number of hydrogen-bond donors (Lipinski definition) is 1. The molecule has 1 amide bonds. The van der Waals surface area contributed by atoms with Gasteiger partial charge in [0.05, 0.1) is 34.8 Å². The third-order valence-electron chi connectivity index (χ3n) is 10.5. The summed E-state index contributed by atoms with van der Waals surface area (Å²) in [7, 11) is 0. The maximum Gasteiger partial charge on any atom is 0.237 e. The summed E-state index contributed by atoms with van der Waals surface area (Å²) < 4.78 is 16.7. The normalized spacial score (nSPS) is 26.0. The van der Waals surface area contributed by atoms with Crippen molar-refractivity contribution in [3.8, 4) is 11.3 Å². The van der Waals surface area contributed by atoms with E-state index in [0.717, 1.165) is 58.3 Å². The van der Waals surface area contributed by atoms with E-state index in [9.17, 15) is 9.18 Å². The van der Waals surface area contributed by atoms with Gasteiger partial charge in [0.2, 0.25) is 5.91 Å². The average Bonchev–Trinajstić information content (AvgIpc) is 3.74. The molecule has 2 aliphatic heterocycles. The van der Waals surface area contributed by atoms with Crippen molar-refractivity contribution in [3.05, 3.63) is 60.4 Å². The van der Waals surface area contributed by atoms with Crippen molar-refractivity contribution in [2.24, 2.45) is 5.92 Å². The number of nitrogens with zero attached hydrogens (tertiary/aromatic N) is 6. The fourth-order valence-electron chi connectivity index (χ4n) is 8.05. The molecular weight excluding hydrogens is 541 g/mol. The highest BCUT2D eigenvalue weighted by Crippen LogP contribution is 2.49. The molecule has 8 nitrogen and oxygen atoms in total. The van der Waals surface area contributed by atoms with Gasteiger partial charge in [0.15, 0.2) is 11.6 Å². The van der Waals surface area contributed by atoms with Gasteiger partial charge in [-0.3, -0.25) is 14.7 Å². The van der Waals surface area contributed by atoms with Crippen molar-refractivity contribution >= 4 is 34.1 Å². The predicted molar refractivity (Wildman–Crippen MR) is 166 cm³/mol. The number of likely N-dealkylation sites (tertiary alicyclic amines) is 1. The number of aromatic nitrogens is 4. The quantitative estimate of drug-likeness (QED) is 0.277. The summed E-state index contributed by atoms with van der Waals surface area (Å²) in [6, 6.07) is 11.6. The number of carbonyl (C=O) groups is 1. The van der Waals surface area contributed by atoms with E-state index >= 15 is 0 Å².